The summed E-state index contributed by atoms with van der Waals surface area (Å²) in [6.07, 6.45) is 4.21. The first-order chi connectivity index (χ1) is 16.7. The number of pyridine rings is 1. The zero-order valence-corrected chi connectivity index (χ0v) is 18.3. The van der Waals surface area contributed by atoms with E-state index in [0.717, 1.165) is 16.9 Å². The second kappa shape index (κ2) is 9.45. The number of rotatable bonds is 7. The number of anilines is 1. The number of hydrogen-bond donors (Lipinski definition) is 2. The van der Waals surface area contributed by atoms with E-state index in [0.29, 0.717) is 30.8 Å². The van der Waals surface area contributed by atoms with Crippen molar-refractivity contribution in [3.63, 3.8) is 0 Å². The van der Waals surface area contributed by atoms with Crippen molar-refractivity contribution in [1.29, 1.82) is 0 Å². The van der Waals surface area contributed by atoms with Gasteiger partial charge in [-0.05, 0) is 48.0 Å². The molecule has 2 N–H and O–H groups in total. The average Bonchev–Trinajstić information content (AvgIpc) is 3.45. The van der Waals surface area contributed by atoms with Crippen molar-refractivity contribution in [2.75, 3.05) is 11.9 Å². The number of benzene rings is 2. The molecular weight excluding hydrogens is 430 g/mol. The van der Waals surface area contributed by atoms with Gasteiger partial charge >= 0.3 is 11.7 Å². The molecule has 0 aliphatic carbocycles. The number of fused-ring (bicyclic) bond motifs is 1. The molecule has 5 aromatic rings. The monoisotopic (exact) mass is 453 g/mol. The van der Waals surface area contributed by atoms with Gasteiger partial charge in [0.2, 0.25) is 0 Å². The van der Waals surface area contributed by atoms with Crippen molar-refractivity contribution in [3.8, 4) is 5.69 Å². The Balaban J connectivity index is 1.15. The maximum absolute atomic E-state index is 12.5. The third-order valence-corrected chi connectivity index (χ3v) is 5.34. The van der Waals surface area contributed by atoms with E-state index in [2.05, 4.69) is 20.8 Å². The first-order valence-electron chi connectivity index (χ1n) is 10.9. The van der Waals surface area contributed by atoms with Crippen LogP contribution in [0, 0.1) is 0 Å². The van der Waals surface area contributed by atoms with Crippen molar-refractivity contribution in [3.05, 3.63) is 113 Å². The summed E-state index contributed by atoms with van der Waals surface area (Å²) in [7, 11) is 0. The summed E-state index contributed by atoms with van der Waals surface area (Å²) in [4.78, 5) is 24.8. The van der Waals surface area contributed by atoms with Crippen LogP contribution in [-0.2, 0) is 13.0 Å². The minimum absolute atomic E-state index is 0.207. The van der Waals surface area contributed by atoms with Gasteiger partial charge in [-0.1, -0.05) is 36.4 Å². The molecule has 2 aromatic carbocycles. The molecule has 170 valence electrons. The Labute approximate surface area is 195 Å². The van der Waals surface area contributed by atoms with Crippen molar-refractivity contribution in [1.82, 2.24) is 29.3 Å². The summed E-state index contributed by atoms with van der Waals surface area (Å²) >= 11 is 0. The van der Waals surface area contributed by atoms with Gasteiger partial charge in [-0.15, -0.1) is 5.10 Å². The Morgan fingerprint density at radius 3 is 2.59 bits per heavy atom. The number of nitrogens with zero attached hydrogens (tertiary/aromatic N) is 5. The SMILES string of the molecule is O=C(NCCc1ccn(-c2ccccc2)n1)Nc1cccc(Cn2nc3ccccn3c2=O)c1. The van der Waals surface area contributed by atoms with E-state index in [1.807, 2.05) is 71.5 Å². The fourth-order valence-corrected chi connectivity index (χ4v) is 3.69. The molecule has 9 heteroatoms. The molecule has 0 unspecified atom stereocenters. The average molecular weight is 454 g/mol. The molecular formula is C25H23N7O2. The van der Waals surface area contributed by atoms with Gasteiger partial charge in [0.05, 0.1) is 17.9 Å². The first kappa shape index (κ1) is 21.2. The number of hydrogen-bond acceptors (Lipinski definition) is 4. The quantitative estimate of drug-likeness (QED) is 0.396. The molecule has 3 heterocycles. The van der Waals surface area contributed by atoms with Gasteiger partial charge in [-0.25, -0.2) is 19.0 Å². The number of aromatic nitrogens is 5. The van der Waals surface area contributed by atoms with Gasteiger partial charge in [0.15, 0.2) is 5.65 Å². The molecule has 3 aromatic heterocycles. The third-order valence-electron chi connectivity index (χ3n) is 5.34. The Bertz CT molecular complexity index is 1480. The van der Waals surface area contributed by atoms with Crippen LogP contribution < -0.4 is 16.3 Å². The zero-order chi connectivity index (χ0) is 23.3. The molecule has 5 rings (SSSR count). The second-order valence-corrected chi connectivity index (χ2v) is 7.79. The lowest BCUT2D eigenvalue weighted by Crippen LogP contribution is -2.30. The van der Waals surface area contributed by atoms with Crippen LogP contribution in [0.1, 0.15) is 11.3 Å². The summed E-state index contributed by atoms with van der Waals surface area (Å²) < 4.78 is 4.72. The van der Waals surface area contributed by atoms with Crippen LogP contribution in [0.15, 0.2) is 96.1 Å². The maximum Gasteiger partial charge on any atom is 0.350 e. The topological polar surface area (TPSA) is 98.2 Å². The summed E-state index contributed by atoms with van der Waals surface area (Å²) in [6, 6.07) is 24.3. The standard InChI is InChI=1S/C25H23N7O2/c33-24(26-14-12-20-13-16-31(28-20)22-9-2-1-3-10-22)27-21-8-6-7-19(17-21)18-32-25(34)30-15-5-4-11-23(30)29-32/h1-11,13,15-17H,12,14,18H2,(H2,26,27,33). The van der Waals surface area contributed by atoms with Crippen LogP contribution in [0.3, 0.4) is 0 Å². The number of carbonyl (C=O) groups excluding carboxylic acids is 1. The molecule has 0 aliphatic rings. The predicted octanol–water partition coefficient (Wildman–Crippen LogP) is 3.09. The smallest absolute Gasteiger partial charge is 0.337 e. The Morgan fingerprint density at radius 2 is 1.74 bits per heavy atom. The molecule has 0 atom stereocenters. The van der Waals surface area contributed by atoms with E-state index < -0.39 is 0 Å². The molecule has 9 nitrogen and oxygen atoms in total. The molecule has 0 spiro atoms. The molecule has 0 bridgehead atoms. The molecule has 0 radical (unpaired) electrons. The third kappa shape index (κ3) is 4.73. The van der Waals surface area contributed by atoms with Gasteiger partial charge in [-0.3, -0.25) is 4.40 Å². The van der Waals surface area contributed by atoms with E-state index in [1.54, 1.807) is 24.4 Å². The Hall–Kier alpha value is -4.66. The van der Waals surface area contributed by atoms with Gasteiger partial charge in [-0.2, -0.15) is 5.10 Å². The van der Waals surface area contributed by atoms with Gasteiger partial charge in [0, 0.05) is 31.0 Å². The molecule has 0 aliphatic heterocycles. The summed E-state index contributed by atoms with van der Waals surface area (Å²) in [5, 5.41) is 14.6. The highest BCUT2D eigenvalue weighted by Crippen LogP contribution is 2.12. The fraction of sp³-hybridized carbons (Fsp3) is 0.120. The van der Waals surface area contributed by atoms with Crippen LogP contribution >= 0.6 is 0 Å². The summed E-state index contributed by atoms with van der Waals surface area (Å²) in [5.74, 6) is 0. The zero-order valence-electron chi connectivity index (χ0n) is 18.3. The second-order valence-electron chi connectivity index (χ2n) is 7.79. The normalized spacial score (nSPS) is 10.9. The largest absolute Gasteiger partial charge is 0.350 e. The molecule has 2 amide bonds. The van der Waals surface area contributed by atoms with Gasteiger partial charge < -0.3 is 10.6 Å². The van der Waals surface area contributed by atoms with Crippen LogP contribution in [-0.4, -0.2) is 36.5 Å². The maximum atomic E-state index is 12.5. The molecule has 0 saturated carbocycles. The lowest BCUT2D eigenvalue weighted by molar-refractivity contribution is 0.252. The van der Waals surface area contributed by atoms with E-state index in [-0.39, 0.29) is 11.7 Å². The lowest BCUT2D eigenvalue weighted by Gasteiger charge is -2.09. The first-order valence-corrected chi connectivity index (χ1v) is 10.9. The number of nitrogens with one attached hydrogen (secondary N) is 2. The van der Waals surface area contributed by atoms with Gasteiger partial charge in [0.1, 0.15) is 0 Å². The number of urea groups is 1. The van der Waals surface area contributed by atoms with Crippen molar-refractivity contribution >= 4 is 17.4 Å². The summed E-state index contributed by atoms with van der Waals surface area (Å²) in [6.45, 7) is 0.760. The molecule has 0 saturated heterocycles. The number of amides is 2. The highest BCUT2D eigenvalue weighted by molar-refractivity contribution is 5.89. The van der Waals surface area contributed by atoms with E-state index in [4.69, 9.17) is 0 Å². The van der Waals surface area contributed by atoms with E-state index in [1.165, 1.54) is 9.08 Å². The van der Waals surface area contributed by atoms with Crippen molar-refractivity contribution in [2.24, 2.45) is 0 Å². The molecule has 34 heavy (non-hydrogen) atoms. The van der Waals surface area contributed by atoms with Crippen molar-refractivity contribution < 1.29 is 4.79 Å². The lowest BCUT2D eigenvalue weighted by atomic mass is 10.2. The predicted molar refractivity (Wildman–Crippen MR) is 129 cm³/mol. The van der Waals surface area contributed by atoms with Crippen LogP contribution in [0.2, 0.25) is 0 Å². The van der Waals surface area contributed by atoms with Gasteiger partial charge in [0.25, 0.3) is 0 Å². The highest BCUT2D eigenvalue weighted by atomic mass is 16.2. The fourth-order valence-electron chi connectivity index (χ4n) is 3.69. The van der Waals surface area contributed by atoms with Crippen LogP contribution in [0.4, 0.5) is 10.5 Å². The minimum atomic E-state index is -0.301. The van der Waals surface area contributed by atoms with Crippen LogP contribution in [0.25, 0.3) is 11.3 Å². The number of carbonyl (C=O) groups is 1. The van der Waals surface area contributed by atoms with Crippen LogP contribution in [0.5, 0.6) is 0 Å². The van der Waals surface area contributed by atoms with E-state index >= 15 is 0 Å². The minimum Gasteiger partial charge on any atom is -0.337 e. The highest BCUT2D eigenvalue weighted by Gasteiger charge is 2.08. The van der Waals surface area contributed by atoms with Crippen molar-refractivity contribution in [2.45, 2.75) is 13.0 Å². The Kier molecular flexibility index (Phi) is 5.89. The van der Waals surface area contributed by atoms with E-state index in [9.17, 15) is 9.59 Å². The summed E-state index contributed by atoms with van der Waals surface area (Å²) in [5.41, 5.74) is 3.76. The number of para-hydroxylation sites is 1. The molecule has 0 fully saturated rings. The Morgan fingerprint density at radius 1 is 0.882 bits per heavy atom.